The van der Waals surface area contributed by atoms with E-state index in [1.807, 2.05) is 11.8 Å². The molecule has 0 spiro atoms. The van der Waals surface area contributed by atoms with Crippen LogP contribution in [0.1, 0.15) is 18.9 Å². The minimum atomic E-state index is -3.15. The molecule has 1 unspecified atom stereocenters. The lowest BCUT2D eigenvalue weighted by molar-refractivity contribution is -0.131. The molecule has 0 aliphatic carbocycles. The number of rotatable bonds is 3. The van der Waals surface area contributed by atoms with Gasteiger partial charge in [-0.05, 0) is 24.1 Å². The monoisotopic (exact) mass is 267 g/mol. The molecule has 0 N–H and O–H groups in total. The summed E-state index contributed by atoms with van der Waals surface area (Å²) in [6, 6.07) is 6.72. The molecule has 98 valence electrons. The lowest BCUT2D eigenvalue weighted by Gasteiger charge is -2.16. The summed E-state index contributed by atoms with van der Waals surface area (Å²) in [5.41, 5.74) is 0.963. The van der Waals surface area contributed by atoms with Crippen molar-refractivity contribution in [3.8, 4) is 0 Å². The Hall–Kier alpha value is -1.36. The van der Waals surface area contributed by atoms with Crippen molar-refractivity contribution >= 4 is 15.7 Å². The Morgan fingerprint density at radius 3 is 2.33 bits per heavy atom. The van der Waals surface area contributed by atoms with E-state index in [0.717, 1.165) is 18.5 Å². The van der Waals surface area contributed by atoms with Crippen LogP contribution in [0.2, 0.25) is 0 Å². The maximum atomic E-state index is 11.8. The number of amides is 1. The lowest BCUT2D eigenvalue weighted by atomic mass is 10.1. The Bertz CT molecular complexity index is 548. The third-order valence-corrected chi connectivity index (χ3v) is 4.42. The van der Waals surface area contributed by atoms with E-state index in [1.54, 1.807) is 24.3 Å². The van der Waals surface area contributed by atoms with Crippen molar-refractivity contribution in [2.45, 2.75) is 24.8 Å². The highest BCUT2D eigenvalue weighted by Gasteiger charge is 2.27. The number of carbonyl (C=O) groups is 1. The van der Waals surface area contributed by atoms with Crippen LogP contribution in [-0.4, -0.2) is 32.0 Å². The molecule has 4 nitrogen and oxygen atoms in total. The molecule has 0 radical (unpaired) electrons. The molecule has 1 atom stereocenters. The summed E-state index contributed by atoms with van der Waals surface area (Å²) in [5, 5.41) is 0. The summed E-state index contributed by atoms with van der Waals surface area (Å²) in [7, 11) is -3.15. The Balaban J connectivity index is 2.10. The second-order valence-corrected chi connectivity index (χ2v) is 6.88. The summed E-state index contributed by atoms with van der Waals surface area (Å²) >= 11 is 0. The van der Waals surface area contributed by atoms with Crippen molar-refractivity contribution < 1.29 is 13.2 Å². The van der Waals surface area contributed by atoms with Crippen molar-refractivity contribution in [2.75, 3.05) is 12.8 Å². The fourth-order valence-corrected chi connectivity index (χ4v) is 2.74. The number of benzene rings is 1. The largest absolute Gasteiger partial charge is 0.338 e. The highest BCUT2D eigenvalue weighted by atomic mass is 32.2. The number of likely N-dealkylation sites (tertiary alicyclic amines) is 1. The summed E-state index contributed by atoms with van der Waals surface area (Å²) < 4.78 is 22.6. The van der Waals surface area contributed by atoms with E-state index in [-0.39, 0.29) is 11.8 Å². The topological polar surface area (TPSA) is 54.5 Å². The molecule has 1 aliphatic rings. The van der Waals surface area contributed by atoms with Crippen LogP contribution in [0.5, 0.6) is 0 Å². The van der Waals surface area contributed by atoms with Gasteiger partial charge in [0.2, 0.25) is 5.91 Å². The molecule has 1 heterocycles. The number of nitrogens with zero attached hydrogens (tertiary/aromatic N) is 1. The van der Waals surface area contributed by atoms with Gasteiger partial charge >= 0.3 is 0 Å². The van der Waals surface area contributed by atoms with Gasteiger partial charge in [-0.3, -0.25) is 4.79 Å². The van der Waals surface area contributed by atoms with Crippen LogP contribution in [-0.2, 0) is 21.2 Å². The van der Waals surface area contributed by atoms with Crippen molar-refractivity contribution in [1.29, 1.82) is 0 Å². The summed E-state index contributed by atoms with van der Waals surface area (Å²) in [6.45, 7) is 3.29. The molecular formula is C13H17NO3S. The number of hydrogen-bond donors (Lipinski definition) is 0. The molecule has 1 aromatic rings. The Labute approximate surface area is 108 Å². The van der Waals surface area contributed by atoms with E-state index >= 15 is 0 Å². The molecule has 1 fully saturated rings. The first kappa shape index (κ1) is 13.1. The fourth-order valence-electron chi connectivity index (χ4n) is 2.11. The first-order valence-electron chi connectivity index (χ1n) is 5.96. The molecule has 1 amide bonds. The Kier molecular flexibility index (Phi) is 3.43. The maximum Gasteiger partial charge on any atom is 0.225 e. The molecule has 0 saturated carbocycles. The predicted molar refractivity (Wildman–Crippen MR) is 68.7 cm³/mol. The van der Waals surface area contributed by atoms with Crippen LogP contribution < -0.4 is 0 Å². The van der Waals surface area contributed by atoms with Gasteiger partial charge in [-0.1, -0.05) is 19.1 Å². The van der Waals surface area contributed by atoms with Gasteiger partial charge in [0.25, 0.3) is 0 Å². The average Bonchev–Trinajstić information content (AvgIpc) is 2.61. The van der Waals surface area contributed by atoms with E-state index in [4.69, 9.17) is 0 Å². The quantitative estimate of drug-likeness (QED) is 0.833. The second kappa shape index (κ2) is 4.72. The molecule has 2 rings (SSSR count). The molecule has 1 saturated heterocycles. The highest BCUT2D eigenvalue weighted by Crippen LogP contribution is 2.20. The van der Waals surface area contributed by atoms with Gasteiger partial charge in [0.1, 0.15) is 0 Å². The smallest absolute Gasteiger partial charge is 0.225 e. The minimum Gasteiger partial charge on any atom is -0.338 e. The zero-order valence-corrected chi connectivity index (χ0v) is 11.4. The van der Waals surface area contributed by atoms with Gasteiger partial charge in [0.05, 0.1) is 4.90 Å². The summed E-state index contributed by atoms with van der Waals surface area (Å²) in [5.74, 6) is 0.294. The van der Waals surface area contributed by atoms with Gasteiger partial charge in [0.15, 0.2) is 9.84 Å². The van der Waals surface area contributed by atoms with Crippen LogP contribution in [0.4, 0.5) is 0 Å². The van der Waals surface area contributed by atoms with E-state index in [2.05, 4.69) is 0 Å². The normalized spacial score (nSPS) is 20.4. The maximum absolute atomic E-state index is 11.8. The zero-order chi connectivity index (χ0) is 13.3. The third kappa shape index (κ3) is 2.72. The first-order valence-corrected chi connectivity index (χ1v) is 7.85. The fraction of sp³-hybridized carbons (Fsp3) is 0.462. The zero-order valence-electron chi connectivity index (χ0n) is 10.6. The van der Waals surface area contributed by atoms with Gasteiger partial charge < -0.3 is 4.90 Å². The number of hydrogen-bond acceptors (Lipinski definition) is 3. The molecular weight excluding hydrogens is 250 g/mol. The molecule has 1 aliphatic heterocycles. The van der Waals surface area contributed by atoms with E-state index in [1.165, 1.54) is 6.26 Å². The second-order valence-electron chi connectivity index (χ2n) is 4.87. The summed E-state index contributed by atoms with van der Waals surface area (Å²) in [6.07, 6.45) is 2.09. The van der Waals surface area contributed by atoms with Gasteiger partial charge in [-0.15, -0.1) is 0 Å². The first-order chi connectivity index (χ1) is 8.38. The van der Waals surface area contributed by atoms with Crippen molar-refractivity contribution in [2.24, 2.45) is 5.92 Å². The Morgan fingerprint density at radius 2 is 1.89 bits per heavy atom. The van der Waals surface area contributed by atoms with Crippen molar-refractivity contribution in [1.82, 2.24) is 4.90 Å². The van der Waals surface area contributed by atoms with E-state index < -0.39 is 9.84 Å². The average molecular weight is 267 g/mol. The number of carbonyl (C=O) groups excluding carboxylic acids is 1. The Morgan fingerprint density at radius 1 is 1.28 bits per heavy atom. The molecule has 1 aromatic carbocycles. The summed E-state index contributed by atoms with van der Waals surface area (Å²) in [4.78, 5) is 13.9. The van der Waals surface area contributed by atoms with Crippen LogP contribution in [0.25, 0.3) is 0 Å². The van der Waals surface area contributed by atoms with E-state index in [0.29, 0.717) is 11.4 Å². The number of sulfone groups is 1. The molecule has 18 heavy (non-hydrogen) atoms. The highest BCUT2D eigenvalue weighted by molar-refractivity contribution is 7.90. The van der Waals surface area contributed by atoms with Gasteiger partial charge in [-0.25, -0.2) is 8.42 Å². The van der Waals surface area contributed by atoms with Crippen molar-refractivity contribution in [3.63, 3.8) is 0 Å². The predicted octanol–water partition coefficient (Wildman–Crippen LogP) is 1.46. The lowest BCUT2D eigenvalue weighted by Crippen LogP contribution is -2.26. The molecule has 0 aromatic heterocycles. The van der Waals surface area contributed by atoms with Crippen LogP contribution in [0.15, 0.2) is 29.2 Å². The molecule has 5 heteroatoms. The molecule has 0 bridgehead atoms. The van der Waals surface area contributed by atoms with Gasteiger partial charge in [-0.2, -0.15) is 0 Å². The standard InChI is InChI=1S/C13H17NO3S/c1-10-7-8-14(13(10)15)9-11-3-5-12(6-4-11)18(2,16)17/h3-6,10H,7-9H2,1-2H3. The van der Waals surface area contributed by atoms with Crippen molar-refractivity contribution in [3.05, 3.63) is 29.8 Å². The van der Waals surface area contributed by atoms with Crippen LogP contribution >= 0.6 is 0 Å². The minimum absolute atomic E-state index is 0.111. The van der Waals surface area contributed by atoms with E-state index in [9.17, 15) is 13.2 Å². The van der Waals surface area contributed by atoms with Gasteiger partial charge in [0, 0.05) is 25.3 Å². The van der Waals surface area contributed by atoms with Crippen LogP contribution in [0, 0.1) is 5.92 Å². The van der Waals surface area contributed by atoms with Crippen LogP contribution in [0.3, 0.4) is 0 Å². The SMILES string of the molecule is CC1CCN(Cc2ccc(S(C)(=O)=O)cc2)C1=O. The third-order valence-electron chi connectivity index (χ3n) is 3.29.